The summed E-state index contributed by atoms with van der Waals surface area (Å²) in [6.45, 7) is 2.09. The summed E-state index contributed by atoms with van der Waals surface area (Å²) >= 11 is 0. The molecule has 0 radical (unpaired) electrons. The number of hydrogen-bond donors (Lipinski definition) is 1. The Morgan fingerprint density at radius 3 is 2.68 bits per heavy atom. The van der Waals surface area contributed by atoms with Crippen LogP contribution in [0, 0.1) is 5.92 Å². The Morgan fingerprint density at radius 1 is 1.37 bits per heavy atom. The van der Waals surface area contributed by atoms with Crippen molar-refractivity contribution in [1.29, 1.82) is 0 Å². The number of anilines is 1. The van der Waals surface area contributed by atoms with Crippen molar-refractivity contribution in [2.24, 2.45) is 5.92 Å². The number of sulfone groups is 1. The lowest BCUT2D eigenvalue weighted by Crippen LogP contribution is -2.15. The second-order valence-electron chi connectivity index (χ2n) is 4.84. The molecule has 2 atom stereocenters. The molecule has 106 valence electrons. The molecular weight excluding hydrogens is 272 g/mol. The van der Waals surface area contributed by atoms with Gasteiger partial charge in [-0.1, -0.05) is 25.5 Å². The lowest BCUT2D eigenvalue weighted by atomic mass is 10.2. The Kier molecular flexibility index (Phi) is 4.08. The minimum Gasteiger partial charge on any atom is -0.381 e. The van der Waals surface area contributed by atoms with E-state index >= 15 is 0 Å². The smallest absolute Gasteiger partial charge is 0.341 e. The molecule has 3 nitrogen and oxygen atoms in total. The molecule has 1 aliphatic carbocycles. The van der Waals surface area contributed by atoms with E-state index in [4.69, 9.17) is 0 Å². The topological polar surface area (TPSA) is 46.2 Å². The SMILES string of the molecule is CCCC1CC1Nc1ccccc1S(=O)(=O)C(F)F. The molecule has 2 unspecified atom stereocenters. The molecule has 1 N–H and O–H groups in total. The average molecular weight is 289 g/mol. The zero-order valence-electron chi connectivity index (χ0n) is 10.6. The molecule has 6 heteroatoms. The first kappa shape index (κ1) is 14.2. The molecule has 1 fully saturated rings. The van der Waals surface area contributed by atoms with E-state index in [9.17, 15) is 17.2 Å². The molecule has 0 amide bonds. The predicted octanol–water partition coefficient (Wildman–Crippen LogP) is 3.28. The van der Waals surface area contributed by atoms with Crippen LogP contribution in [0.2, 0.25) is 0 Å². The second kappa shape index (κ2) is 5.45. The zero-order chi connectivity index (χ0) is 14.0. The molecule has 1 aliphatic rings. The van der Waals surface area contributed by atoms with Gasteiger partial charge in [0.05, 0.1) is 10.6 Å². The van der Waals surface area contributed by atoms with Crippen LogP contribution in [-0.4, -0.2) is 20.2 Å². The van der Waals surface area contributed by atoms with Crippen molar-refractivity contribution >= 4 is 15.5 Å². The lowest BCUT2D eigenvalue weighted by Gasteiger charge is -2.12. The van der Waals surface area contributed by atoms with E-state index in [2.05, 4.69) is 12.2 Å². The number of nitrogens with one attached hydrogen (secondary N) is 1. The second-order valence-corrected chi connectivity index (χ2v) is 6.72. The fourth-order valence-electron chi connectivity index (χ4n) is 2.24. The van der Waals surface area contributed by atoms with E-state index < -0.39 is 15.6 Å². The third-order valence-corrected chi connectivity index (χ3v) is 4.79. The zero-order valence-corrected chi connectivity index (χ0v) is 11.5. The van der Waals surface area contributed by atoms with Crippen molar-refractivity contribution in [2.45, 2.75) is 42.9 Å². The Hall–Kier alpha value is -1.17. The molecule has 0 spiro atoms. The lowest BCUT2D eigenvalue weighted by molar-refractivity contribution is 0.235. The minimum atomic E-state index is -4.55. The monoisotopic (exact) mass is 289 g/mol. The van der Waals surface area contributed by atoms with Crippen LogP contribution in [0.5, 0.6) is 0 Å². The minimum absolute atomic E-state index is 0.203. The van der Waals surface area contributed by atoms with Gasteiger partial charge in [-0.15, -0.1) is 0 Å². The van der Waals surface area contributed by atoms with Crippen LogP contribution in [-0.2, 0) is 9.84 Å². The van der Waals surface area contributed by atoms with Gasteiger partial charge in [0.15, 0.2) is 0 Å². The van der Waals surface area contributed by atoms with Gasteiger partial charge >= 0.3 is 5.76 Å². The van der Waals surface area contributed by atoms with Gasteiger partial charge in [0, 0.05) is 6.04 Å². The van der Waals surface area contributed by atoms with E-state index in [1.54, 1.807) is 6.07 Å². The van der Waals surface area contributed by atoms with Crippen LogP contribution in [0.25, 0.3) is 0 Å². The van der Waals surface area contributed by atoms with Gasteiger partial charge in [0.1, 0.15) is 0 Å². The summed E-state index contributed by atoms with van der Waals surface area (Å²) in [5.74, 6) is -2.87. The molecule has 1 saturated carbocycles. The van der Waals surface area contributed by atoms with Crippen molar-refractivity contribution in [2.75, 3.05) is 5.32 Å². The first-order valence-corrected chi connectivity index (χ1v) is 7.89. The van der Waals surface area contributed by atoms with Crippen molar-refractivity contribution in [3.05, 3.63) is 24.3 Å². The molecule has 1 aromatic rings. The highest BCUT2D eigenvalue weighted by Gasteiger charge is 2.37. The van der Waals surface area contributed by atoms with Crippen molar-refractivity contribution < 1.29 is 17.2 Å². The Morgan fingerprint density at radius 2 is 2.05 bits per heavy atom. The maximum Gasteiger partial charge on any atom is 0.341 e. The molecule has 0 aromatic heterocycles. The van der Waals surface area contributed by atoms with Crippen LogP contribution in [0.1, 0.15) is 26.2 Å². The maximum atomic E-state index is 12.6. The summed E-state index contributed by atoms with van der Waals surface area (Å²) in [5, 5.41) is 3.07. The van der Waals surface area contributed by atoms with Gasteiger partial charge in [-0.05, 0) is 30.9 Å². The summed E-state index contributed by atoms with van der Waals surface area (Å²) in [7, 11) is -4.55. The summed E-state index contributed by atoms with van der Waals surface area (Å²) in [4.78, 5) is -0.313. The van der Waals surface area contributed by atoms with Crippen LogP contribution in [0.15, 0.2) is 29.2 Å². The highest BCUT2D eigenvalue weighted by molar-refractivity contribution is 7.91. The highest BCUT2D eigenvalue weighted by Crippen LogP contribution is 2.38. The maximum absolute atomic E-state index is 12.6. The molecule has 19 heavy (non-hydrogen) atoms. The first-order chi connectivity index (χ1) is 8.96. The van der Waals surface area contributed by atoms with Crippen LogP contribution in [0.4, 0.5) is 14.5 Å². The third-order valence-electron chi connectivity index (χ3n) is 3.35. The summed E-state index contributed by atoms with van der Waals surface area (Å²) in [6, 6.07) is 6.06. The van der Waals surface area contributed by atoms with Gasteiger partial charge in [0.25, 0.3) is 0 Å². The fourth-order valence-corrected chi connectivity index (χ4v) is 3.14. The summed E-state index contributed by atoms with van der Waals surface area (Å²) in [6.07, 6.45) is 3.11. The fraction of sp³-hybridized carbons (Fsp3) is 0.538. The molecule has 0 aliphatic heterocycles. The molecule has 0 saturated heterocycles. The first-order valence-electron chi connectivity index (χ1n) is 6.34. The van der Waals surface area contributed by atoms with Gasteiger partial charge < -0.3 is 5.32 Å². The van der Waals surface area contributed by atoms with Crippen LogP contribution < -0.4 is 5.32 Å². The molecule has 1 aromatic carbocycles. The molecular formula is C13H17F2NO2S. The predicted molar refractivity (Wildman–Crippen MR) is 70.1 cm³/mol. The highest BCUT2D eigenvalue weighted by atomic mass is 32.2. The number of hydrogen-bond acceptors (Lipinski definition) is 3. The van der Waals surface area contributed by atoms with Crippen molar-refractivity contribution in [1.82, 2.24) is 0 Å². The number of benzene rings is 1. The standard InChI is InChI=1S/C13H17F2NO2S/c1-2-5-9-8-11(9)16-10-6-3-4-7-12(10)19(17,18)13(14)15/h3-4,6-7,9,11,13,16H,2,5,8H2,1H3. The van der Waals surface area contributed by atoms with Crippen LogP contribution >= 0.6 is 0 Å². The molecule has 0 heterocycles. The normalized spacial score (nSPS) is 22.5. The van der Waals surface area contributed by atoms with E-state index in [-0.39, 0.29) is 16.6 Å². The van der Waals surface area contributed by atoms with E-state index in [1.807, 2.05) is 0 Å². The van der Waals surface area contributed by atoms with Gasteiger partial charge in [0.2, 0.25) is 9.84 Å². The molecule has 0 bridgehead atoms. The average Bonchev–Trinajstić information content (AvgIpc) is 3.08. The van der Waals surface area contributed by atoms with E-state index in [1.165, 1.54) is 18.2 Å². The summed E-state index contributed by atoms with van der Waals surface area (Å²) in [5.41, 5.74) is 0.284. The molecule has 2 rings (SSSR count). The van der Waals surface area contributed by atoms with Gasteiger partial charge in [-0.3, -0.25) is 0 Å². The van der Waals surface area contributed by atoms with E-state index in [0.717, 1.165) is 19.3 Å². The number of para-hydroxylation sites is 1. The Bertz CT molecular complexity index is 545. The summed E-state index contributed by atoms with van der Waals surface area (Å²) < 4.78 is 48.4. The van der Waals surface area contributed by atoms with Crippen molar-refractivity contribution in [3.63, 3.8) is 0 Å². The van der Waals surface area contributed by atoms with Crippen molar-refractivity contribution in [3.8, 4) is 0 Å². The quantitative estimate of drug-likeness (QED) is 0.874. The number of rotatable bonds is 6. The van der Waals surface area contributed by atoms with Gasteiger partial charge in [-0.25, -0.2) is 8.42 Å². The number of alkyl halides is 2. The largest absolute Gasteiger partial charge is 0.381 e. The van der Waals surface area contributed by atoms with E-state index in [0.29, 0.717) is 5.92 Å². The Balaban J connectivity index is 2.19. The van der Waals surface area contributed by atoms with Crippen LogP contribution in [0.3, 0.4) is 0 Å². The number of halogens is 2. The third kappa shape index (κ3) is 3.05. The van der Waals surface area contributed by atoms with Gasteiger partial charge in [-0.2, -0.15) is 8.78 Å². The Labute approximate surface area is 111 Å².